The summed E-state index contributed by atoms with van der Waals surface area (Å²) in [6.45, 7) is 10.2. The minimum atomic E-state index is -0.844. The Hall–Kier alpha value is -1.89. The maximum atomic E-state index is 12.5. The number of amides is 2. The topological polar surface area (TPSA) is 76.5 Å². The zero-order valence-electron chi connectivity index (χ0n) is 16.2. The molecule has 7 nitrogen and oxygen atoms in total. The van der Waals surface area contributed by atoms with Gasteiger partial charge >= 0.3 is 0 Å². The molecule has 1 saturated heterocycles. The van der Waals surface area contributed by atoms with Crippen molar-refractivity contribution in [3.8, 4) is 0 Å². The molecule has 2 aliphatic rings. The Bertz CT molecular complexity index is 657. The van der Waals surface area contributed by atoms with Crippen LogP contribution in [0.3, 0.4) is 0 Å². The van der Waals surface area contributed by atoms with E-state index in [0.29, 0.717) is 31.1 Å². The lowest BCUT2D eigenvalue weighted by molar-refractivity contribution is -0.148. The first-order valence-corrected chi connectivity index (χ1v) is 9.52. The van der Waals surface area contributed by atoms with Crippen molar-refractivity contribution in [3.63, 3.8) is 0 Å². The molecule has 1 aromatic rings. The van der Waals surface area contributed by atoms with Crippen LogP contribution in [0.25, 0.3) is 0 Å². The van der Waals surface area contributed by atoms with Gasteiger partial charge in [0.05, 0.1) is 17.9 Å². The van der Waals surface area contributed by atoms with E-state index in [1.165, 1.54) is 12.8 Å². The van der Waals surface area contributed by atoms with Crippen molar-refractivity contribution < 1.29 is 14.3 Å². The number of nitrogens with zero attached hydrogens (tertiary/aromatic N) is 3. The molecule has 144 valence electrons. The molecule has 1 aliphatic heterocycles. The molecule has 1 N–H and O–H groups in total. The quantitative estimate of drug-likeness (QED) is 0.763. The highest BCUT2D eigenvalue weighted by Crippen LogP contribution is 2.30. The zero-order valence-corrected chi connectivity index (χ0v) is 16.2. The number of rotatable bonds is 8. The predicted octanol–water partition coefficient (Wildman–Crippen LogP) is 1.68. The van der Waals surface area contributed by atoms with Crippen molar-refractivity contribution in [3.05, 3.63) is 18.0 Å². The fourth-order valence-corrected chi connectivity index (χ4v) is 3.28. The van der Waals surface area contributed by atoms with E-state index in [1.54, 1.807) is 20.0 Å². The Balaban J connectivity index is 1.40. The van der Waals surface area contributed by atoms with Crippen molar-refractivity contribution in [1.29, 1.82) is 0 Å². The van der Waals surface area contributed by atoms with Gasteiger partial charge in [0.1, 0.15) is 5.60 Å². The molecule has 1 aromatic heterocycles. The van der Waals surface area contributed by atoms with Gasteiger partial charge in [0.2, 0.25) is 0 Å². The first-order chi connectivity index (χ1) is 12.2. The van der Waals surface area contributed by atoms with Crippen molar-refractivity contribution in [2.75, 3.05) is 19.6 Å². The maximum absolute atomic E-state index is 12.5. The van der Waals surface area contributed by atoms with E-state index in [4.69, 9.17) is 4.74 Å². The summed E-state index contributed by atoms with van der Waals surface area (Å²) < 4.78 is 7.52. The molecular formula is C19H30N4O3. The summed E-state index contributed by atoms with van der Waals surface area (Å²) in [4.78, 5) is 26.5. The molecule has 0 unspecified atom stereocenters. The summed E-state index contributed by atoms with van der Waals surface area (Å²) in [6, 6.07) is 0. The molecule has 26 heavy (non-hydrogen) atoms. The first kappa shape index (κ1) is 18.9. The Morgan fingerprint density at radius 3 is 2.62 bits per heavy atom. The molecule has 3 rings (SSSR count). The highest BCUT2D eigenvalue weighted by Gasteiger charge is 2.34. The molecule has 0 aromatic carbocycles. The number of ether oxygens (including phenoxy) is 1. The van der Waals surface area contributed by atoms with Crippen LogP contribution in [0.5, 0.6) is 0 Å². The summed E-state index contributed by atoms with van der Waals surface area (Å²) in [5.41, 5.74) is -0.191. The number of carbonyl (C=O) groups is 2. The van der Waals surface area contributed by atoms with E-state index in [0.717, 1.165) is 12.5 Å². The average Bonchev–Trinajstić information content (AvgIpc) is 3.19. The lowest BCUT2D eigenvalue weighted by Crippen LogP contribution is -2.55. The second-order valence-electron chi connectivity index (χ2n) is 8.36. The monoisotopic (exact) mass is 362 g/mol. The van der Waals surface area contributed by atoms with Gasteiger partial charge < -0.3 is 15.0 Å². The van der Waals surface area contributed by atoms with E-state index in [-0.39, 0.29) is 17.9 Å². The Kier molecular flexibility index (Phi) is 5.37. The van der Waals surface area contributed by atoms with E-state index >= 15 is 0 Å². The maximum Gasteiger partial charge on any atom is 0.257 e. The molecule has 2 heterocycles. The summed E-state index contributed by atoms with van der Waals surface area (Å²) in [6.07, 6.45) is 6.03. The molecule has 0 bridgehead atoms. The third-order valence-electron chi connectivity index (χ3n) is 4.90. The minimum Gasteiger partial charge on any atom is -0.363 e. The largest absolute Gasteiger partial charge is 0.363 e. The molecule has 0 radical (unpaired) electrons. The first-order valence-electron chi connectivity index (χ1n) is 9.52. The normalized spacial score (nSPS) is 18.1. The van der Waals surface area contributed by atoms with Gasteiger partial charge in [0, 0.05) is 38.3 Å². The van der Waals surface area contributed by atoms with Crippen LogP contribution in [0, 0.1) is 11.8 Å². The molecule has 7 heteroatoms. The second kappa shape index (κ2) is 7.39. The van der Waals surface area contributed by atoms with Gasteiger partial charge in [-0.3, -0.25) is 14.3 Å². The third-order valence-corrected chi connectivity index (χ3v) is 4.90. The number of likely N-dealkylation sites (tertiary alicyclic amines) is 1. The lowest BCUT2D eigenvalue weighted by atomic mass is 9.98. The average molecular weight is 362 g/mol. The number of hydrogen-bond acceptors (Lipinski definition) is 4. The van der Waals surface area contributed by atoms with Gasteiger partial charge in [-0.25, -0.2) is 0 Å². The van der Waals surface area contributed by atoms with Crippen LogP contribution in [0.2, 0.25) is 0 Å². The van der Waals surface area contributed by atoms with Crippen LogP contribution in [0.4, 0.5) is 0 Å². The molecule has 1 saturated carbocycles. The summed E-state index contributed by atoms with van der Waals surface area (Å²) in [5.74, 6) is 0.938. The SMILES string of the molecule is CC(C)OC(C)(C)C(=O)NCC1CN(C(=O)c2cnn(CC3CC3)c2)C1. The van der Waals surface area contributed by atoms with Crippen LogP contribution in [-0.4, -0.2) is 57.8 Å². The standard InChI is InChI=1S/C19H30N4O3/c1-13(2)26-19(3,4)18(25)20-7-15-9-22(10-15)17(24)16-8-21-23(12-16)11-14-5-6-14/h8,12-15H,5-7,9-11H2,1-4H3,(H,20,25). The van der Waals surface area contributed by atoms with Gasteiger partial charge in [-0.1, -0.05) is 0 Å². The highest BCUT2D eigenvalue weighted by molar-refractivity contribution is 5.94. The van der Waals surface area contributed by atoms with E-state index in [9.17, 15) is 9.59 Å². The third kappa shape index (κ3) is 4.63. The Morgan fingerprint density at radius 1 is 1.31 bits per heavy atom. The summed E-state index contributed by atoms with van der Waals surface area (Å²) in [7, 11) is 0. The van der Waals surface area contributed by atoms with E-state index in [2.05, 4.69) is 10.4 Å². The number of carbonyl (C=O) groups excluding carboxylic acids is 2. The van der Waals surface area contributed by atoms with E-state index < -0.39 is 5.60 Å². The van der Waals surface area contributed by atoms with Crippen LogP contribution in [-0.2, 0) is 16.1 Å². The van der Waals surface area contributed by atoms with E-state index in [1.807, 2.05) is 29.6 Å². The molecule has 2 amide bonds. The Morgan fingerprint density at radius 2 is 2.00 bits per heavy atom. The summed E-state index contributed by atoms with van der Waals surface area (Å²) in [5, 5.41) is 7.23. The minimum absolute atomic E-state index is 0.00611. The predicted molar refractivity (Wildman–Crippen MR) is 97.7 cm³/mol. The Labute approximate surface area is 155 Å². The lowest BCUT2D eigenvalue weighted by Gasteiger charge is -2.39. The summed E-state index contributed by atoms with van der Waals surface area (Å²) >= 11 is 0. The number of hydrogen-bond donors (Lipinski definition) is 1. The van der Waals surface area contributed by atoms with Crippen LogP contribution in [0.1, 0.15) is 50.9 Å². The van der Waals surface area contributed by atoms with Crippen molar-refractivity contribution in [1.82, 2.24) is 20.0 Å². The van der Waals surface area contributed by atoms with Crippen LogP contribution in [0.15, 0.2) is 12.4 Å². The van der Waals surface area contributed by atoms with Gasteiger partial charge in [-0.2, -0.15) is 5.10 Å². The number of aromatic nitrogens is 2. The zero-order chi connectivity index (χ0) is 18.9. The molecule has 0 spiro atoms. The molecule has 0 atom stereocenters. The van der Waals surface area contributed by atoms with Gasteiger partial charge in [-0.15, -0.1) is 0 Å². The van der Waals surface area contributed by atoms with Crippen molar-refractivity contribution >= 4 is 11.8 Å². The molecular weight excluding hydrogens is 332 g/mol. The highest BCUT2D eigenvalue weighted by atomic mass is 16.5. The van der Waals surface area contributed by atoms with Crippen molar-refractivity contribution in [2.24, 2.45) is 11.8 Å². The molecule has 2 fully saturated rings. The number of nitrogens with one attached hydrogen (secondary N) is 1. The smallest absolute Gasteiger partial charge is 0.257 e. The van der Waals surface area contributed by atoms with Gasteiger partial charge in [0.25, 0.3) is 11.8 Å². The fraction of sp³-hybridized carbons (Fsp3) is 0.737. The fourth-order valence-electron chi connectivity index (χ4n) is 3.28. The molecule has 1 aliphatic carbocycles. The second-order valence-corrected chi connectivity index (χ2v) is 8.36. The van der Waals surface area contributed by atoms with Crippen LogP contribution < -0.4 is 5.32 Å². The van der Waals surface area contributed by atoms with Gasteiger partial charge in [0.15, 0.2) is 0 Å². The van der Waals surface area contributed by atoms with Gasteiger partial charge in [-0.05, 0) is 46.5 Å². The van der Waals surface area contributed by atoms with Crippen LogP contribution >= 0.6 is 0 Å². The van der Waals surface area contributed by atoms with Crippen molar-refractivity contribution in [2.45, 2.75) is 58.8 Å².